The topological polar surface area (TPSA) is 17.1 Å². The van der Waals surface area contributed by atoms with Crippen LogP contribution in [0.5, 0.6) is 0 Å². The molecule has 0 aliphatic carbocycles. The van der Waals surface area contributed by atoms with Gasteiger partial charge in [-0.3, -0.25) is 4.79 Å². The number of benzene rings is 1. The van der Waals surface area contributed by atoms with Crippen LogP contribution in [-0.2, 0) is 0 Å². The summed E-state index contributed by atoms with van der Waals surface area (Å²) < 4.78 is 13.1. The SMILES string of the molecule is Cc1cc(F)c(Br)cc1C=O. The number of hydrogen-bond donors (Lipinski definition) is 0. The molecule has 0 radical (unpaired) electrons. The molecule has 0 saturated heterocycles. The summed E-state index contributed by atoms with van der Waals surface area (Å²) in [5.41, 5.74) is 1.17. The van der Waals surface area contributed by atoms with Gasteiger partial charge in [0, 0.05) is 5.56 Å². The molecule has 0 aliphatic rings. The van der Waals surface area contributed by atoms with Gasteiger partial charge in [0.15, 0.2) is 0 Å². The molecule has 11 heavy (non-hydrogen) atoms. The number of aryl methyl sites for hydroxylation is 1. The van der Waals surface area contributed by atoms with Gasteiger partial charge in [0.2, 0.25) is 0 Å². The van der Waals surface area contributed by atoms with Gasteiger partial charge in [0.1, 0.15) is 12.1 Å². The van der Waals surface area contributed by atoms with Crippen molar-refractivity contribution in [2.45, 2.75) is 6.92 Å². The van der Waals surface area contributed by atoms with E-state index in [1.807, 2.05) is 0 Å². The van der Waals surface area contributed by atoms with E-state index in [9.17, 15) is 9.18 Å². The van der Waals surface area contributed by atoms with Gasteiger partial charge in [-0.2, -0.15) is 0 Å². The van der Waals surface area contributed by atoms with Crippen molar-refractivity contribution < 1.29 is 9.18 Å². The smallest absolute Gasteiger partial charge is 0.150 e. The second-order valence-corrected chi connectivity index (χ2v) is 3.10. The first-order chi connectivity index (χ1) is 5.15. The molecule has 0 spiro atoms. The first kappa shape index (κ1) is 8.40. The number of aldehydes is 1. The van der Waals surface area contributed by atoms with Gasteiger partial charge in [-0.25, -0.2) is 4.39 Å². The molecule has 1 aromatic carbocycles. The summed E-state index contributed by atoms with van der Waals surface area (Å²) in [6.07, 6.45) is 0.708. The average Bonchev–Trinajstić information content (AvgIpc) is 1.97. The van der Waals surface area contributed by atoms with Crippen molar-refractivity contribution in [2.24, 2.45) is 0 Å². The maximum atomic E-state index is 12.7. The van der Waals surface area contributed by atoms with Gasteiger partial charge in [-0.05, 0) is 40.5 Å². The molecule has 1 aromatic rings. The highest BCUT2D eigenvalue weighted by Gasteiger charge is 2.03. The summed E-state index contributed by atoms with van der Waals surface area (Å²) in [6.45, 7) is 1.69. The zero-order chi connectivity index (χ0) is 8.43. The van der Waals surface area contributed by atoms with E-state index in [0.29, 0.717) is 21.9 Å². The second-order valence-electron chi connectivity index (χ2n) is 2.24. The zero-order valence-corrected chi connectivity index (χ0v) is 7.48. The molecule has 0 atom stereocenters. The Morgan fingerprint density at radius 1 is 1.55 bits per heavy atom. The largest absolute Gasteiger partial charge is 0.298 e. The maximum Gasteiger partial charge on any atom is 0.150 e. The summed E-state index contributed by atoms with van der Waals surface area (Å²) in [5, 5.41) is 0. The quantitative estimate of drug-likeness (QED) is 0.661. The van der Waals surface area contributed by atoms with Crippen molar-refractivity contribution in [1.82, 2.24) is 0 Å². The number of rotatable bonds is 1. The van der Waals surface area contributed by atoms with Crippen molar-refractivity contribution in [3.8, 4) is 0 Å². The monoisotopic (exact) mass is 216 g/mol. The highest BCUT2D eigenvalue weighted by Crippen LogP contribution is 2.18. The van der Waals surface area contributed by atoms with E-state index in [1.54, 1.807) is 6.92 Å². The third-order valence-electron chi connectivity index (χ3n) is 1.44. The summed E-state index contributed by atoms with van der Waals surface area (Å²) in [6, 6.07) is 2.80. The third-order valence-corrected chi connectivity index (χ3v) is 2.04. The molecular weight excluding hydrogens is 211 g/mol. The number of halogens is 2. The summed E-state index contributed by atoms with van der Waals surface area (Å²) >= 11 is 2.99. The minimum Gasteiger partial charge on any atom is -0.298 e. The van der Waals surface area contributed by atoms with Crippen molar-refractivity contribution in [3.05, 3.63) is 33.5 Å². The Bertz CT molecular complexity index is 296. The van der Waals surface area contributed by atoms with Crippen LogP contribution in [0.25, 0.3) is 0 Å². The van der Waals surface area contributed by atoms with E-state index in [0.717, 1.165) is 0 Å². The summed E-state index contributed by atoms with van der Waals surface area (Å²) in [4.78, 5) is 10.3. The Kier molecular flexibility index (Phi) is 2.39. The summed E-state index contributed by atoms with van der Waals surface area (Å²) in [5.74, 6) is -0.340. The van der Waals surface area contributed by atoms with Crippen molar-refractivity contribution in [3.63, 3.8) is 0 Å². The Labute approximate surface area is 72.4 Å². The Morgan fingerprint density at radius 2 is 2.18 bits per heavy atom. The molecule has 1 nitrogen and oxygen atoms in total. The van der Waals surface area contributed by atoms with Crippen LogP contribution in [0.4, 0.5) is 4.39 Å². The first-order valence-corrected chi connectivity index (χ1v) is 3.85. The van der Waals surface area contributed by atoms with E-state index in [4.69, 9.17) is 0 Å². The molecule has 0 amide bonds. The number of hydrogen-bond acceptors (Lipinski definition) is 1. The highest BCUT2D eigenvalue weighted by atomic mass is 79.9. The molecule has 1 rings (SSSR count). The lowest BCUT2D eigenvalue weighted by Gasteiger charge is -1.99. The molecule has 3 heteroatoms. The molecule has 0 aromatic heterocycles. The molecular formula is C8H6BrFO. The van der Waals surface area contributed by atoms with E-state index >= 15 is 0 Å². The van der Waals surface area contributed by atoms with Crippen LogP contribution in [0.15, 0.2) is 16.6 Å². The van der Waals surface area contributed by atoms with E-state index < -0.39 is 0 Å². The molecule has 0 bridgehead atoms. The highest BCUT2D eigenvalue weighted by molar-refractivity contribution is 9.10. The van der Waals surface area contributed by atoms with Crippen LogP contribution in [-0.4, -0.2) is 6.29 Å². The van der Waals surface area contributed by atoms with Gasteiger partial charge in [0.05, 0.1) is 4.47 Å². The lowest BCUT2D eigenvalue weighted by Crippen LogP contribution is -1.88. The van der Waals surface area contributed by atoms with Gasteiger partial charge in [-0.1, -0.05) is 0 Å². The molecule has 0 heterocycles. The molecule has 0 aliphatic heterocycles. The van der Waals surface area contributed by atoms with E-state index in [1.165, 1.54) is 12.1 Å². The average molecular weight is 217 g/mol. The molecule has 0 unspecified atom stereocenters. The second kappa shape index (κ2) is 3.13. The fraction of sp³-hybridized carbons (Fsp3) is 0.125. The van der Waals surface area contributed by atoms with Crippen LogP contribution in [0, 0.1) is 12.7 Å². The normalized spacial score (nSPS) is 9.73. The summed E-state index contributed by atoms with van der Waals surface area (Å²) in [7, 11) is 0. The van der Waals surface area contributed by atoms with Crippen molar-refractivity contribution >= 4 is 22.2 Å². The molecule has 58 valence electrons. The molecule has 0 fully saturated rings. The van der Waals surface area contributed by atoms with E-state index in [-0.39, 0.29) is 5.82 Å². The maximum absolute atomic E-state index is 12.7. The predicted molar refractivity (Wildman–Crippen MR) is 44.2 cm³/mol. The minimum atomic E-state index is -0.340. The van der Waals surface area contributed by atoms with Crippen LogP contribution >= 0.6 is 15.9 Å². The van der Waals surface area contributed by atoms with Gasteiger partial charge in [0.25, 0.3) is 0 Å². The Morgan fingerprint density at radius 3 is 2.73 bits per heavy atom. The first-order valence-electron chi connectivity index (χ1n) is 3.06. The van der Waals surface area contributed by atoms with E-state index in [2.05, 4.69) is 15.9 Å². The Balaban J connectivity index is 3.31. The lowest BCUT2D eigenvalue weighted by atomic mass is 10.1. The van der Waals surface area contributed by atoms with Gasteiger partial charge in [-0.15, -0.1) is 0 Å². The fourth-order valence-corrected chi connectivity index (χ4v) is 1.15. The minimum absolute atomic E-state index is 0.324. The third kappa shape index (κ3) is 1.66. The van der Waals surface area contributed by atoms with Crippen molar-refractivity contribution in [2.75, 3.05) is 0 Å². The van der Waals surface area contributed by atoms with Gasteiger partial charge < -0.3 is 0 Å². The van der Waals surface area contributed by atoms with Gasteiger partial charge >= 0.3 is 0 Å². The van der Waals surface area contributed by atoms with Crippen LogP contribution in [0.2, 0.25) is 0 Å². The fourth-order valence-electron chi connectivity index (χ4n) is 0.789. The number of carbonyl (C=O) groups excluding carboxylic acids is 1. The van der Waals surface area contributed by atoms with Crippen LogP contribution in [0.1, 0.15) is 15.9 Å². The number of carbonyl (C=O) groups is 1. The zero-order valence-electron chi connectivity index (χ0n) is 5.90. The standard InChI is InChI=1S/C8H6BrFO/c1-5-2-8(10)7(9)3-6(5)4-11/h2-4H,1H3. The lowest BCUT2D eigenvalue weighted by molar-refractivity contribution is 0.112. The van der Waals surface area contributed by atoms with Crippen LogP contribution < -0.4 is 0 Å². The molecule has 0 saturated carbocycles. The predicted octanol–water partition coefficient (Wildman–Crippen LogP) is 2.71. The van der Waals surface area contributed by atoms with Crippen LogP contribution in [0.3, 0.4) is 0 Å². The van der Waals surface area contributed by atoms with Crippen molar-refractivity contribution in [1.29, 1.82) is 0 Å². The Hall–Kier alpha value is -0.700. The molecule has 0 N–H and O–H groups in total.